The number of amides is 1. The van der Waals surface area contributed by atoms with Crippen LogP contribution in [0.25, 0.3) is 0 Å². The third kappa shape index (κ3) is 4.57. The molecule has 1 aliphatic heterocycles. The number of anilines is 1. The SMILES string of the molecule is COc1ccc(CNC(=O)C2CCN(c3ccc(F)cc3[N+](=O)[O-])CC2)cc1. The standard InChI is InChI=1S/C20H22FN3O4/c1-28-17-5-2-14(3-6-17)13-22-20(25)15-8-10-23(11-9-15)18-7-4-16(21)12-19(18)24(26)27/h2-7,12,15H,8-11,13H2,1H3,(H,22,25). The number of nitro benzene ring substituents is 1. The minimum absolute atomic E-state index is 0.0240. The first kappa shape index (κ1) is 19.6. The fourth-order valence-corrected chi connectivity index (χ4v) is 3.37. The minimum Gasteiger partial charge on any atom is -0.497 e. The molecule has 1 saturated heterocycles. The molecular weight excluding hydrogens is 365 g/mol. The Morgan fingerprint density at radius 2 is 1.93 bits per heavy atom. The molecule has 0 atom stereocenters. The van der Waals surface area contributed by atoms with E-state index >= 15 is 0 Å². The topological polar surface area (TPSA) is 84.7 Å². The summed E-state index contributed by atoms with van der Waals surface area (Å²) in [5.41, 5.74) is 1.12. The third-order valence-electron chi connectivity index (χ3n) is 4.97. The second-order valence-corrected chi connectivity index (χ2v) is 6.72. The van der Waals surface area contributed by atoms with Gasteiger partial charge < -0.3 is 15.0 Å². The molecule has 0 radical (unpaired) electrons. The number of benzene rings is 2. The Labute approximate surface area is 162 Å². The van der Waals surface area contributed by atoms with Gasteiger partial charge in [-0.2, -0.15) is 0 Å². The van der Waals surface area contributed by atoms with Crippen molar-refractivity contribution in [3.05, 3.63) is 64.0 Å². The molecule has 0 unspecified atom stereocenters. The maximum atomic E-state index is 13.3. The molecule has 1 aliphatic rings. The van der Waals surface area contributed by atoms with E-state index in [4.69, 9.17) is 4.74 Å². The van der Waals surface area contributed by atoms with Crippen molar-refractivity contribution in [2.75, 3.05) is 25.1 Å². The van der Waals surface area contributed by atoms with Crippen LogP contribution < -0.4 is 15.0 Å². The van der Waals surface area contributed by atoms with Gasteiger partial charge in [0.2, 0.25) is 5.91 Å². The van der Waals surface area contributed by atoms with Crippen LogP contribution in [0.15, 0.2) is 42.5 Å². The molecule has 0 spiro atoms. The Bertz CT molecular complexity index is 849. The fraction of sp³-hybridized carbons (Fsp3) is 0.350. The molecule has 2 aromatic carbocycles. The normalized spacial score (nSPS) is 14.6. The lowest BCUT2D eigenvalue weighted by atomic mass is 9.95. The van der Waals surface area contributed by atoms with Crippen LogP contribution in [0.2, 0.25) is 0 Å². The smallest absolute Gasteiger partial charge is 0.295 e. The van der Waals surface area contributed by atoms with E-state index in [-0.39, 0.29) is 17.5 Å². The molecule has 0 aromatic heterocycles. The second kappa shape index (κ2) is 8.69. The maximum absolute atomic E-state index is 13.3. The third-order valence-corrected chi connectivity index (χ3v) is 4.97. The van der Waals surface area contributed by atoms with Crippen LogP contribution in [0.3, 0.4) is 0 Å². The zero-order valence-corrected chi connectivity index (χ0v) is 15.6. The van der Waals surface area contributed by atoms with Crippen molar-refractivity contribution in [2.24, 2.45) is 5.92 Å². The minimum atomic E-state index is -0.636. The van der Waals surface area contributed by atoms with Gasteiger partial charge in [0.05, 0.1) is 18.1 Å². The van der Waals surface area contributed by atoms with Crippen LogP contribution in [0.1, 0.15) is 18.4 Å². The zero-order valence-electron chi connectivity index (χ0n) is 15.6. The van der Waals surface area contributed by atoms with E-state index in [1.165, 1.54) is 12.1 Å². The van der Waals surface area contributed by atoms with E-state index in [2.05, 4.69) is 5.32 Å². The summed E-state index contributed by atoms with van der Waals surface area (Å²) in [6.07, 6.45) is 1.17. The van der Waals surface area contributed by atoms with Gasteiger partial charge in [0.25, 0.3) is 5.69 Å². The molecule has 1 amide bonds. The number of hydrogen-bond donors (Lipinski definition) is 1. The second-order valence-electron chi connectivity index (χ2n) is 6.72. The van der Waals surface area contributed by atoms with Crippen molar-refractivity contribution in [1.82, 2.24) is 5.32 Å². The Balaban J connectivity index is 1.55. The van der Waals surface area contributed by atoms with Gasteiger partial charge >= 0.3 is 0 Å². The summed E-state index contributed by atoms with van der Waals surface area (Å²) in [4.78, 5) is 24.9. The first-order valence-electron chi connectivity index (χ1n) is 9.07. The number of piperidine rings is 1. The number of nitrogens with one attached hydrogen (secondary N) is 1. The summed E-state index contributed by atoms with van der Waals surface area (Å²) >= 11 is 0. The highest BCUT2D eigenvalue weighted by Crippen LogP contribution is 2.32. The van der Waals surface area contributed by atoms with Crippen LogP contribution in [0.5, 0.6) is 5.75 Å². The lowest BCUT2D eigenvalue weighted by Crippen LogP contribution is -2.40. The van der Waals surface area contributed by atoms with E-state index < -0.39 is 10.7 Å². The first-order valence-corrected chi connectivity index (χ1v) is 9.07. The molecule has 1 fully saturated rings. The molecular formula is C20H22FN3O4. The van der Waals surface area contributed by atoms with Gasteiger partial charge in [-0.15, -0.1) is 0 Å². The summed E-state index contributed by atoms with van der Waals surface area (Å²) in [7, 11) is 1.60. The van der Waals surface area contributed by atoms with E-state index in [1.807, 2.05) is 29.2 Å². The number of methoxy groups -OCH3 is 1. The monoisotopic (exact) mass is 387 g/mol. The molecule has 148 valence electrons. The lowest BCUT2D eigenvalue weighted by molar-refractivity contribution is -0.384. The van der Waals surface area contributed by atoms with E-state index in [0.717, 1.165) is 17.4 Å². The first-order chi connectivity index (χ1) is 13.5. The molecule has 2 aromatic rings. The summed E-state index contributed by atoms with van der Waals surface area (Å²) in [5.74, 6) is -0.0429. The zero-order chi connectivity index (χ0) is 20.1. The highest BCUT2D eigenvalue weighted by atomic mass is 19.1. The maximum Gasteiger partial charge on any atom is 0.295 e. The van der Waals surface area contributed by atoms with Crippen LogP contribution in [-0.4, -0.2) is 31.0 Å². The number of ether oxygens (including phenoxy) is 1. The molecule has 1 heterocycles. The Kier molecular flexibility index (Phi) is 6.08. The number of hydrogen-bond acceptors (Lipinski definition) is 5. The molecule has 1 N–H and O–H groups in total. The van der Waals surface area contributed by atoms with Gasteiger partial charge in [-0.25, -0.2) is 4.39 Å². The van der Waals surface area contributed by atoms with Crippen molar-refractivity contribution in [2.45, 2.75) is 19.4 Å². The summed E-state index contributed by atoms with van der Waals surface area (Å²) in [5, 5.41) is 14.1. The van der Waals surface area contributed by atoms with Crippen molar-refractivity contribution < 1.29 is 18.8 Å². The highest BCUT2D eigenvalue weighted by molar-refractivity contribution is 5.79. The number of rotatable bonds is 6. The van der Waals surface area contributed by atoms with E-state index in [9.17, 15) is 19.3 Å². The summed E-state index contributed by atoms with van der Waals surface area (Å²) in [6, 6.07) is 11.1. The van der Waals surface area contributed by atoms with Crippen molar-refractivity contribution in [3.8, 4) is 5.75 Å². The molecule has 28 heavy (non-hydrogen) atoms. The summed E-state index contributed by atoms with van der Waals surface area (Å²) in [6.45, 7) is 1.45. The Hall–Kier alpha value is -3.16. The highest BCUT2D eigenvalue weighted by Gasteiger charge is 2.28. The fourth-order valence-electron chi connectivity index (χ4n) is 3.37. The van der Waals surface area contributed by atoms with Crippen LogP contribution >= 0.6 is 0 Å². The Morgan fingerprint density at radius 1 is 1.25 bits per heavy atom. The summed E-state index contributed by atoms with van der Waals surface area (Å²) < 4.78 is 18.4. The van der Waals surface area contributed by atoms with Crippen molar-refractivity contribution >= 4 is 17.3 Å². The molecule has 0 saturated carbocycles. The van der Waals surface area contributed by atoms with Gasteiger partial charge in [-0.3, -0.25) is 14.9 Å². The van der Waals surface area contributed by atoms with Gasteiger partial charge in [-0.05, 0) is 42.7 Å². The van der Waals surface area contributed by atoms with Gasteiger partial charge in [0.1, 0.15) is 17.3 Å². The lowest BCUT2D eigenvalue weighted by Gasteiger charge is -2.32. The largest absolute Gasteiger partial charge is 0.497 e. The quantitative estimate of drug-likeness (QED) is 0.607. The Morgan fingerprint density at radius 3 is 2.54 bits per heavy atom. The van der Waals surface area contributed by atoms with Gasteiger partial charge in [-0.1, -0.05) is 12.1 Å². The number of carbonyl (C=O) groups is 1. The van der Waals surface area contributed by atoms with Gasteiger partial charge in [0, 0.05) is 25.6 Å². The van der Waals surface area contributed by atoms with Crippen molar-refractivity contribution in [3.63, 3.8) is 0 Å². The predicted molar refractivity (Wildman–Crippen MR) is 103 cm³/mol. The van der Waals surface area contributed by atoms with E-state index in [1.54, 1.807) is 7.11 Å². The van der Waals surface area contributed by atoms with Crippen LogP contribution in [0.4, 0.5) is 15.8 Å². The number of nitrogens with zero attached hydrogens (tertiary/aromatic N) is 2. The van der Waals surface area contributed by atoms with Crippen LogP contribution in [0, 0.1) is 21.8 Å². The van der Waals surface area contributed by atoms with E-state index in [0.29, 0.717) is 38.2 Å². The number of halogens is 1. The predicted octanol–water partition coefficient (Wildman–Crippen LogP) is 3.28. The van der Waals surface area contributed by atoms with Crippen molar-refractivity contribution in [1.29, 1.82) is 0 Å². The number of carbonyl (C=O) groups excluding carboxylic acids is 1. The number of nitro groups is 1. The van der Waals surface area contributed by atoms with Crippen LogP contribution in [-0.2, 0) is 11.3 Å². The average Bonchev–Trinajstić information content (AvgIpc) is 2.72. The average molecular weight is 387 g/mol. The molecule has 7 nitrogen and oxygen atoms in total. The molecule has 0 aliphatic carbocycles. The van der Waals surface area contributed by atoms with Gasteiger partial charge in [0.15, 0.2) is 0 Å². The molecule has 8 heteroatoms. The molecule has 3 rings (SSSR count). The molecule has 0 bridgehead atoms.